The molecule has 1 atom stereocenters. The Hall–Kier alpha value is -2.15. The molecule has 0 aliphatic heterocycles. The highest BCUT2D eigenvalue weighted by molar-refractivity contribution is 7.99. The summed E-state index contributed by atoms with van der Waals surface area (Å²) in [5, 5.41) is 7.50. The Balaban J connectivity index is 2.10. The minimum Gasteiger partial charge on any atom is -0.370 e. The van der Waals surface area contributed by atoms with Crippen molar-refractivity contribution in [2.24, 2.45) is 5.92 Å². The molecule has 0 saturated carbocycles. The Bertz CT molecular complexity index is 764. The van der Waals surface area contributed by atoms with Gasteiger partial charge in [-0.05, 0) is 31.9 Å². The van der Waals surface area contributed by atoms with Gasteiger partial charge in [-0.3, -0.25) is 9.59 Å². The molecular weight excluding hydrogens is 336 g/mol. The lowest BCUT2D eigenvalue weighted by Crippen LogP contribution is -2.44. The van der Waals surface area contributed by atoms with Gasteiger partial charge in [-0.25, -0.2) is 9.97 Å². The normalized spacial score (nSPS) is 12.2. The van der Waals surface area contributed by atoms with Gasteiger partial charge in [0, 0.05) is 11.9 Å². The molecule has 0 radical (unpaired) electrons. The van der Waals surface area contributed by atoms with E-state index in [4.69, 9.17) is 0 Å². The fraction of sp³-hybridized carbons (Fsp3) is 0.444. The highest BCUT2D eigenvalue weighted by atomic mass is 32.2. The fourth-order valence-corrected chi connectivity index (χ4v) is 3.17. The van der Waals surface area contributed by atoms with E-state index in [1.165, 1.54) is 18.7 Å². The van der Waals surface area contributed by atoms with Crippen molar-refractivity contribution in [3.05, 3.63) is 24.3 Å². The van der Waals surface area contributed by atoms with Crippen LogP contribution in [0.1, 0.15) is 27.7 Å². The van der Waals surface area contributed by atoms with Gasteiger partial charge in [-0.1, -0.05) is 37.7 Å². The minimum absolute atomic E-state index is 0.0373. The van der Waals surface area contributed by atoms with Crippen LogP contribution in [0, 0.1) is 5.92 Å². The third-order valence-electron chi connectivity index (χ3n) is 3.68. The first-order chi connectivity index (χ1) is 11.9. The molecule has 0 spiro atoms. The largest absolute Gasteiger partial charge is 0.370 e. The molecule has 2 aromatic rings. The average molecular weight is 360 g/mol. The summed E-state index contributed by atoms with van der Waals surface area (Å²) in [4.78, 5) is 32.8. The second-order valence-corrected chi connectivity index (χ2v) is 7.03. The molecule has 1 aromatic heterocycles. The van der Waals surface area contributed by atoms with Crippen molar-refractivity contribution in [3.63, 3.8) is 0 Å². The lowest BCUT2D eigenvalue weighted by molar-refractivity contribution is -0.126. The molecule has 1 heterocycles. The number of thioether (sulfide) groups is 1. The third kappa shape index (κ3) is 5.16. The number of hydrogen-bond acceptors (Lipinski definition) is 6. The summed E-state index contributed by atoms with van der Waals surface area (Å²) < 4.78 is 0. The van der Waals surface area contributed by atoms with E-state index >= 15 is 0 Å². The van der Waals surface area contributed by atoms with Crippen molar-refractivity contribution in [1.29, 1.82) is 0 Å². The van der Waals surface area contributed by atoms with Crippen LogP contribution in [0.15, 0.2) is 29.4 Å². The van der Waals surface area contributed by atoms with Crippen LogP contribution < -0.4 is 10.6 Å². The van der Waals surface area contributed by atoms with Gasteiger partial charge in [0.25, 0.3) is 0 Å². The smallest absolute Gasteiger partial charge is 0.231 e. The predicted octanol–water partition coefficient (Wildman–Crippen LogP) is 2.88. The Morgan fingerprint density at radius 3 is 2.56 bits per heavy atom. The van der Waals surface area contributed by atoms with E-state index in [2.05, 4.69) is 20.6 Å². The highest BCUT2D eigenvalue weighted by Crippen LogP contribution is 2.24. The predicted molar refractivity (Wildman–Crippen MR) is 102 cm³/mol. The number of aromatic nitrogens is 2. The number of amides is 1. The third-order valence-corrected chi connectivity index (χ3v) is 4.53. The molecule has 1 amide bonds. The Labute approximate surface area is 152 Å². The molecule has 134 valence electrons. The van der Waals surface area contributed by atoms with Gasteiger partial charge in [-0.15, -0.1) is 0 Å². The number of carbonyl (C=O) groups is 2. The van der Waals surface area contributed by atoms with Crippen LogP contribution in [0.3, 0.4) is 0 Å². The number of rotatable bonds is 8. The first-order valence-corrected chi connectivity index (χ1v) is 9.34. The summed E-state index contributed by atoms with van der Waals surface area (Å²) >= 11 is 1.26. The zero-order valence-electron chi connectivity index (χ0n) is 15.0. The van der Waals surface area contributed by atoms with E-state index in [9.17, 15) is 9.59 Å². The van der Waals surface area contributed by atoms with E-state index in [0.29, 0.717) is 5.16 Å². The van der Waals surface area contributed by atoms with Crippen LogP contribution in [-0.2, 0) is 9.59 Å². The molecule has 1 aromatic carbocycles. The summed E-state index contributed by atoms with van der Waals surface area (Å²) in [7, 11) is 0. The van der Waals surface area contributed by atoms with Crippen LogP contribution >= 0.6 is 11.8 Å². The highest BCUT2D eigenvalue weighted by Gasteiger charge is 2.20. The molecule has 1 unspecified atom stereocenters. The van der Waals surface area contributed by atoms with Crippen molar-refractivity contribution in [2.75, 3.05) is 17.6 Å². The van der Waals surface area contributed by atoms with E-state index in [0.717, 1.165) is 23.3 Å². The molecule has 0 saturated heterocycles. The number of para-hydroxylation sites is 1. The number of hydrogen-bond donors (Lipinski definition) is 2. The molecule has 0 bridgehead atoms. The zero-order chi connectivity index (χ0) is 18.4. The van der Waals surface area contributed by atoms with Crippen molar-refractivity contribution in [3.8, 4) is 0 Å². The van der Waals surface area contributed by atoms with Crippen molar-refractivity contribution in [1.82, 2.24) is 15.3 Å². The summed E-state index contributed by atoms with van der Waals surface area (Å²) in [5.41, 5.74) is 0.833. The van der Waals surface area contributed by atoms with Gasteiger partial charge in [0.15, 0.2) is 10.9 Å². The summed E-state index contributed by atoms with van der Waals surface area (Å²) in [6.07, 6.45) is 0. The maximum atomic E-state index is 12.2. The summed E-state index contributed by atoms with van der Waals surface area (Å²) in [6.45, 7) is 8.07. The maximum Gasteiger partial charge on any atom is 0.231 e. The van der Waals surface area contributed by atoms with E-state index < -0.39 is 6.04 Å². The fourth-order valence-electron chi connectivity index (χ4n) is 2.50. The Morgan fingerprint density at radius 1 is 1.20 bits per heavy atom. The van der Waals surface area contributed by atoms with Gasteiger partial charge in [0.2, 0.25) is 5.91 Å². The van der Waals surface area contributed by atoms with Gasteiger partial charge in [0.1, 0.15) is 5.82 Å². The average Bonchev–Trinajstić information content (AvgIpc) is 2.57. The van der Waals surface area contributed by atoms with Gasteiger partial charge < -0.3 is 10.6 Å². The van der Waals surface area contributed by atoms with E-state index in [1.807, 2.05) is 45.0 Å². The van der Waals surface area contributed by atoms with Crippen LogP contribution in [0.25, 0.3) is 10.9 Å². The molecule has 25 heavy (non-hydrogen) atoms. The first-order valence-electron chi connectivity index (χ1n) is 8.35. The number of ketones is 1. The first kappa shape index (κ1) is 19.2. The number of carbonyl (C=O) groups excluding carboxylic acids is 2. The second-order valence-electron chi connectivity index (χ2n) is 6.09. The molecule has 0 aliphatic carbocycles. The van der Waals surface area contributed by atoms with Gasteiger partial charge in [-0.2, -0.15) is 0 Å². The van der Waals surface area contributed by atoms with Crippen LogP contribution in [0.5, 0.6) is 0 Å². The number of fused-ring (bicyclic) bond motifs is 1. The van der Waals surface area contributed by atoms with Crippen LogP contribution in [0.2, 0.25) is 0 Å². The van der Waals surface area contributed by atoms with E-state index in [-0.39, 0.29) is 23.4 Å². The van der Waals surface area contributed by atoms with Crippen LogP contribution in [-0.4, -0.2) is 40.0 Å². The molecule has 2 N–H and O–H groups in total. The van der Waals surface area contributed by atoms with Gasteiger partial charge >= 0.3 is 0 Å². The topological polar surface area (TPSA) is 84.0 Å². The zero-order valence-corrected chi connectivity index (χ0v) is 15.8. The number of benzene rings is 1. The summed E-state index contributed by atoms with van der Waals surface area (Å²) in [5.74, 6) is 0.759. The number of Topliss-reactive ketones (excluding diaryl/α,β-unsaturated/α-hetero) is 1. The van der Waals surface area contributed by atoms with Crippen LogP contribution in [0.4, 0.5) is 5.82 Å². The second kappa shape index (κ2) is 8.80. The maximum absolute atomic E-state index is 12.2. The molecular formula is C18H24N4O2S. The molecule has 7 heteroatoms. The van der Waals surface area contributed by atoms with Gasteiger partial charge in [0.05, 0.1) is 17.3 Å². The lowest BCUT2D eigenvalue weighted by Gasteiger charge is -2.19. The number of nitrogens with zero attached hydrogens (tertiary/aromatic N) is 2. The Kier molecular flexibility index (Phi) is 6.75. The number of nitrogens with one attached hydrogen (secondary N) is 2. The van der Waals surface area contributed by atoms with Crippen molar-refractivity contribution < 1.29 is 9.59 Å². The minimum atomic E-state index is -0.456. The van der Waals surface area contributed by atoms with Crippen molar-refractivity contribution in [2.45, 2.75) is 38.9 Å². The quantitative estimate of drug-likeness (QED) is 0.556. The van der Waals surface area contributed by atoms with Crippen molar-refractivity contribution >= 4 is 40.2 Å². The molecule has 2 rings (SSSR count). The summed E-state index contributed by atoms with van der Waals surface area (Å²) in [6, 6.07) is 7.30. The lowest BCUT2D eigenvalue weighted by atomic mass is 10.0. The van der Waals surface area contributed by atoms with E-state index in [1.54, 1.807) is 0 Å². The standard InChI is InChI=1S/C18H24N4O2S/c1-5-19-17-13-8-6-7-9-14(13)20-18(22-17)25-10-15(24)21-16(11(2)3)12(4)23/h6-9,11,16H,5,10H2,1-4H3,(H,21,24)(H,19,20,22). The molecule has 0 aliphatic rings. The monoisotopic (exact) mass is 360 g/mol. The molecule has 6 nitrogen and oxygen atoms in total. The number of anilines is 1. The SMILES string of the molecule is CCNc1nc(SCC(=O)NC(C(C)=O)C(C)C)nc2ccccc12. The molecule has 0 fully saturated rings. The Morgan fingerprint density at radius 2 is 1.92 bits per heavy atom.